The monoisotopic (exact) mass is 361 g/mol. The molecule has 0 aliphatic rings. The Hall–Kier alpha value is -3.16. The number of carbonyl (C=O) groups is 1. The number of nitrogens with zero attached hydrogens (tertiary/aromatic N) is 2. The highest BCUT2D eigenvalue weighted by Crippen LogP contribution is 2.29. The minimum atomic E-state index is -4.51. The van der Waals surface area contributed by atoms with E-state index in [1.165, 1.54) is 12.3 Å². The SMILES string of the molecule is CC(Oc1nncc2cc(NC(=O)c3ccccc3)ccc12)C(F)(F)F. The lowest BCUT2D eigenvalue weighted by molar-refractivity contribution is -0.189. The second-order valence-corrected chi connectivity index (χ2v) is 5.57. The number of alkyl halides is 3. The zero-order chi connectivity index (χ0) is 18.7. The lowest BCUT2D eigenvalue weighted by Crippen LogP contribution is -2.31. The van der Waals surface area contributed by atoms with Crippen LogP contribution in [-0.4, -0.2) is 28.4 Å². The van der Waals surface area contributed by atoms with Gasteiger partial charge < -0.3 is 10.1 Å². The fraction of sp³-hybridized carbons (Fsp3) is 0.167. The summed E-state index contributed by atoms with van der Waals surface area (Å²) in [5, 5.41) is 10.9. The van der Waals surface area contributed by atoms with E-state index in [-0.39, 0.29) is 11.8 Å². The van der Waals surface area contributed by atoms with Crippen molar-refractivity contribution in [2.45, 2.75) is 19.2 Å². The van der Waals surface area contributed by atoms with E-state index in [1.807, 2.05) is 0 Å². The van der Waals surface area contributed by atoms with Crippen LogP contribution in [0.2, 0.25) is 0 Å². The van der Waals surface area contributed by atoms with Gasteiger partial charge in [-0.25, -0.2) is 0 Å². The molecule has 3 aromatic rings. The lowest BCUT2D eigenvalue weighted by atomic mass is 10.1. The van der Waals surface area contributed by atoms with E-state index in [1.54, 1.807) is 42.5 Å². The Balaban J connectivity index is 1.85. The molecular weight excluding hydrogens is 347 g/mol. The van der Waals surface area contributed by atoms with Gasteiger partial charge in [-0.3, -0.25) is 4.79 Å². The average molecular weight is 361 g/mol. The molecule has 2 aromatic carbocycles. The molecule has 5 nitrogen and oxygen atoms in total. The van der Waals surface area contributed by atoms with Crippen LogP contribution >= 0.6 is 0 Å². The van der Waals surface area contributed by atoms with Crippen molar-refractivity contribution in [3.8, 4) is 5.88 Å². The summed E-state index contributed by atoms with van der Waals surface area (Å²) in [7, 11) is 0. The predicted octanol–water partition coefficient (Wildman–Crippen LogP) is 4.21. The quantitative estimate of drug-likeness (QED) is 0.756. The maximum Gasteiger partial charge on any atom is 0.425 e. The summed E-state index contributed by atoms with van der Waals surface area (Å²) in [6, 6.07) is 13.3. The second kappa shape index (κ2) is 6.99. The molecule has 0 bridgehead atoms. The third-order valence-electron chi connectivity index (χ3n) is 3.67. The first-order valence-electron chi connectivity index (χ1n) is 7.70. The molecule has 0 saturated heterocycles. The van der Waals surface area contributed by atoms with Crippen molar-refractivity contribution in [1.29, 1.82) is 0 Å². The Morgan fingerprint density at radius 1 is 1.15 bits per heavy atom. The normalized spacial score (nSPS) is 12.6. The second-order valence-electron chi connectivity index (χ2n) is 5.57. The summed E-state index contributed by atoms with van der Waals surface area (Å²) in [4.78, 5) is 12.2. The Labute approximate surface area is 146 Å². The van der Waals surface area contributed by atoms with Gasteiger partial charge in [-0.2, -0.15) is 18.3 Å². The van der Waals surface area contributed by atoms with Crippen molar-refractivity contribution in [3.63, 3.8) is 0 Å². The first kappa shape index (κ1) is 17.7. The Kier molecular flexibility index (Phi) is 4.75. The van der Waals surface area contributed by atoms with Gasteiger partial charge in [0.1, 0.15) is 0 Å². The van der Waals surface area contributed by atoms with E-state index < -0.39 is 12.3 Å². The molecule has 1 atom stereocenters. The van der Waals surface area contributed by atoms with Crippen LogP contribution in [0.1, 0.15) is 17.3 Å². The van der Waals surface area contributed by atoms with Gasteiger partial charge in [-0.15, -0.1) is 5.10 Å². The van der Waals surface area contributed by atoms with E-state index in [9.17, 15) is 18.0 Å². The van der Waals surface area contributed by atoms with Crippen molar-refractivity contribution < 1.29 is 22.7 Å². The third-order valence-corrected chi connectivity index (χ3v) is 3.67. The van der Waals surface area contributed by atoms with Gasteiger partial charge in [0.15, 0.2) is 6.10 Å². The molecule has 0 aliphatic carbocycles. The minimum Gasteiger partial charge on any atom is -0.463 e. The zero-order valence-corrected chi connectivity index (χ0v) is 13.6. The summed E-state index contributed by atoms with van der Waals surface area (Å²) >= 11 is 0. The van der Waals surface area contributed by atoms with Crippen molar-refractivity contribution in [3.05, 3.63) is 60.3 Å². The molecular formula is C18H14F3N3O2. The molecule has 8 heteroatoms. The molecule has 0 fully saturated rings. The van der Waals surface area contributed by atoms with E-state index in [2.05, 4.69) is 15.5 Å². The van der Waals surface area contributed by atoms with Crippen LogP contribution in [0.15, 0.2) is 54.7 Å². The number of hydrogen-bond acceptors (Lipinski definition) is 4. The van der Waals surface area contributed by atoms with Crippen LogP contribution in [0, 0.1) is 0 Å². The van der Waals surface area contributed by atoms with Crippen LogP contribution < -0.4 is 10.1 Å². The molecule has 1 amide bonds. The first-order valence-corrected chi connectivity index (χ1v) is 7.70. The van der Waals surface area contributed by atoms with Gasteiger partial charge in [0, 0.05) is 22.0 Å². The smallest absolute Gasteiger partial charge is 0.425 e. The molecule has 1 heterocycles. The molecule has 0 aliphatic heterocycles. The molecule has 0 radical (unpaired) electrons. The average Bonchev–Trinajstić information content (AvgIpc) is 2.61. The molecule has 0 saturated carbocycles. The van der Waals surface area contributed by atoms with Crippen molar-refractivity contribution >= 4 is 22.4 Å². The number of fused-ring (bicyclic) bond motifs is 1. The topological polar surface area (TPSA) is 64.1 Å². The van der Waals surface area contributed by atoms with Crippen LogP contribution in [-0.2, 0) is 0 Å². The van der Waals surface area contributed by atoms with Crippen molar-refractivity contribution in [2.24, 2.45) is 0 Å². The van der Waals surface area contributed by atoms with Gasteiger partial charge in [0.25, 0.3) is 5.91 Å². The Morgan fingerprint density at radius 3 is 2.58 bits per heavy atom. The predicted molar refractivity (Wildman–Crippen MR) is 90.1 cm³/mol. The maximum absolute atomic E-state index is 12.7. The Morgan fingerprint density at radius 2 is 1.88 bits per heavy atom. The summed E-state index contributed by atoms with van der Waals surface area (Å²) < 4.78 is 42.9. The number of aromatic nitrogens is 2. The van der Waals surface area contributed by atoms with Gasteiger partial charge in [0.05, 0.1) is 6.20 Å². The van der Waals surface area contributed by atoms with E-state index in [0.29, 0.717) is 22.0 Å². The van der Waals surface area contributed by atoms with Crippen molar-refractivity contribution in [2.75, 3.05) is 5.32 Å². The highest BCUT2D eigenvalue weighted by atomic mass is 19.4. The molecule has 3 rings (SSSR count). The zero-order valence-electron chi connectivity index (χ0n) is 13.6. The number of carbonyl (C=O) groups excluding carboxylic acids is 1. The third kappa shape index (κ3) is 3.90. The molecule has 1 aromatic heterocycles. The summed E-state index contributed by atoms with van der Waals surface area (Å²) in [6.07, 6.45) is -5.13. The van der Waals surface area contributed by atoms with Crippen LogP contribution in [0.4, 0.5) is 18.9 Å². The number of ether oxygens (including phenoxy) is 1. The number of halogens is 3. The number of amides is 1. The lowest BCUT2D eigenvalue weighted by Gasteiger charge is -2.17. The fourth-order valence-corrected chi connectivity index (χ4v) is 2.25. The Bertz CT molecular complexity index is 930. The molecule has 1 unspecified atom stereocenters. The molecule has 134 valence electrons. The highest BCUT2D eigenvalue weighted by Gasteiger charge is 2.38. The van der Waals surface area contributed by atoms with Crippen LogP contribution in [0.25, 0.3) is 10.8 Å². The number of hydrogen-bond donors (Lipinski definition) is 1. The van der Waals surface area contributed by atoms with Gasteiger partial charge >= 0.3 is 6.18 Å². The first-order chi connectivity index (χ1) is 12.3. The van der Waals surface area contributed by atoms with Gasteiger partial charge in [0.2, 0.25) is 5.88 Å². The van der Waals surface area contributed by atoms with E-state index >= 15 is 0 Å². The number of anilines is 1. The molecule has 26 heavy (non-hydrogen) atoms. The number of rotatable bonds is 4. The van der Waals surface area contributed by atoms with Crippen LogP contribution in [0.5, 0.6) is 5.88 Å². The summed E-state index contributed by atoms with van der Waals surface area (Å²) in [5.41, 5.74) is 0.970. The molecule has 1 N–H and O–H groups in total. The molecule has 0 spiro atoms. The largest absolute Gasteiger partial charge is 0.463 e. The minimum absolute atomic E-state index is 0.215. The summed E-state index contributed by atoms with van der Waals surface area (Å²) in [5.74, 6) is -0.512. The van der Waals surface area contributed by atoms with Crippen molar-refractivity contribution in [1.82, 2.24) is 10.2 Å². The van der Waals surface area contributed by atoms with Gasteiger partial charge in [-0.05, 0) is 37.3 Å². The van der Waals surface area contributed by atoms with E-state index in [0.717, 1.165) is 6.92 Å². The van der Waals surface area contributed by atoms with Crippen LogP contribution in [0.3, 0.4) is 0 Å². The standard InChI is InChI=1S/C18H14F3N3O2/c1-11(18(19,20)21)26-17-15-8-7-14(9-13(15)10-22-24-17)23-16(25)12-5-3-2-4-6-12/h2-11H,1H3,(H,23,25). The fourth-order valence-electron chi connectivity index (χ4n) is 2.25. The number of benzene rings is 2. The van der Waals surface area contributed by atoms with Gasteiger partial charge in [-0.1, -0.05) is 18.2 Å². The number of nitrogens with one attached hydrogen (secondary N) is 1. The highest BCUT2D eigenvalue weighted by molar-refractivity contribution is 6.05. The van der Waals surface area contributed by atoms with E-state index in [4.69, 9.17) is 4.74 Å². The summed E-state index contributed by atoms with van der Waals surface area (Å²) in [6.45, 7) is 0.898. The maximum atomic E-state index is 12.7.